The average Bonchev–Trinajstić information content (AvgIpc) is 2.93. The molecule has 0 aromatic carbocycles. The molecule has 3 atom stereocenters. The molecule has 3 rings (SSSR count). The lowest BCUT2D eigenvalue weighted by Crippen LogP contribution is -2.45. The number of likely N-dealkylation sites (tertiary alicyclic amines) is 2. The summed E-state index contributed by atoms with van der Waals surface area (Å²) in [5, 5.41) is 10.6. The number of aliphatic hydroxyl groups excluding tert-OH is 1. The molecule has 122 valence electrons. The predicted octanol–water partition coefficient (Wildman–Crippen LogP) is 2.73. The van der Waals surface area contributed by atoms with Gasteiger partial charge in [-0.3, -0.25) is 4.90 Å². The van der Waals surface area contributed by atoms with Crippen LogP contribution in [-0.2, 0) is 0 Å². The Kier molecular flexibility index (Phi) is 4.92. The van der Waals surface area contributed by atoms with E-state index < -0.39 is 0 Å². The highest BCUT2D eigenvalue weighted by Crippen LogP contribution is 2.39. The molecule has 3 fully saturated rings. The van der Waals surface area contributed by atoms with Crippen LogP contribution in [0.25, 0.3) is 0 Å². The predicted molar refractivity (Wildman–Crippen MR) is 87.4 cm³/mol. The second-order valence-corrected chi connectivity index (χ2v) is 8.38. The van der Waals surface area contributed by atoms with Crippen molar-refractivity contribution in [1.82, 2.24) is 9.80 Å². The Morgan fingerprint density at radius 1 is 1.00 bits per heavy atom. The number of hydrogen-bond acceptors (Lipinski definition) is 3. The summed E-state index contributed by atoms with van der Waals surface area (Å²) in [4.78, 5) is 5.36. The van der Waals surface area contributed by atoms with E-state index in [1.165, 1.54) is 71.1 Å². The first-order valence-corrected chi connectivity index (χ1v) is 9.21. The monoisotopic (exact) mass is 294 g/mol. The maximum absolute atomic E-state index is 10.6. The minimum Gasteiger partial charge on any atom is -0.392 e. The average molecular weight is 294 g/mol. The van der Waals surface area contributed by atoms with Crippen molar-refractivity contribution in [2.75, 3.05) is 32.7 Å². The van der Waals surface area contributed by atoms with Crippen LogP contribution in [0.5, 0.6) is 0 Å². The molecule has 2 heterocycles. The lowest BCUT2D eigenvalue weighted by Gasteiger charge is -2.42. The number of aliphatic hydroxyl groups is 1. The molecule has 3 aliphatic rings. The van der Waals surface area contributed by atoms with Gasteiger partial charge < -0.3 is 10.0 Å². The van der Waals surface area contributed by atoms with E-state index in [1.807, 2.05) is 0 Å². The van der Waals surface area contributed by atoms with Gasteiger partial charge in [0, 0.05) is 19.1 Å². The van der Waals surface area contributed by atoms with Crippen molar-refractivity contribution in [2.45, 2.75) is 70.9 Å². The van der Waals surface area contributed by atoms with E-state index in [0.29, 0.717) is 5.92 Å². The summed E-state index contributed by atoms with van der Waals surface area (Å²) < 4.78 is 0. The van der Waals surface area contributed by atoms with Gasteiger partial charge in [0.1, 0.15) is 0 Å². The molecule has 0 bridgehead atoms. The van der Waals surface area contributed by atoms with Crippen molar-refractivity contribution < 1.29 is 5.11 Å². The second-order valence-electron chi connectivity index (χ2n) is 8.38. The Morgan fingerprint density at radius 2 is 1.76 bits per heavy atom. The van der Waals surface area contributed by atoms with Crippen LogP contribution in [0.3, 0.4) is 0 Å². The highest BCUT2D eigenvalue weighted by molar-refractivity contribution is 4.92. The zero-order chi connectivity index (χ0) is 14.9. The summed E-state index contributed by atoms with van der Waals surface area (Å²) in [5.41, 5.74) is 0.120. The Morgan fingerprint density at radius 3 is 2.52 bits per heavy atom. The molecule has 1 N–H and O–H groups in total. The summed E-state index contributed by atoms with van der Waals surface area (Å²) in [6, 6.07) is 0.791. The van der Waals surface area contributed by atoms with E-state index in [1.54, 1.807) is 0 Å². The Balaban J connectivity index is 1.50. The normalized spacial score (nSPS) is 38.7. The van der Waals surface area contributed by atoms with Gasteiger partial charge in [0.2, 0.25) is 0 Å². The third-order valence-corrected chi connectivity index (χ3v) is 6.29. The molecule has 3 unspecified atom stereocenters. The zero-order valence-electron chi connectivity index (χ0n) is 14.1. The molecule has 0 radical (unpaired) electrons. The first kappa shape index (κ1) is 15.8. The Labute approximate surface area is 130 Å². The van der Waals surface area contributed by atoms with Gasteiger partial charge in [-0.2, -0.15) is 0 Å². The van der Waals surface area contributed by atoms with Gasteiger partial charge >= 0.3 is 0 Å². The summed E-state index contributed by atoms with van der Waals surface area (Å²) in [7, 11) is 0. The van der Waals surface area contributed by atoms with Crippen molar-refractivity contribution in [3.05, 3.63) is 0 Å². The third kappa shape index (κ3) is 3.62. The van der Waals surface area contributed by atoms with Crippen LogP contribution >= 0.6 is 0 Å². The number of piperidine rings is 1. The molecule has 21 heavy (non-hydrogen) atoms. The molecule has 2 aliphatic heterocycles. The number of rotatable bonds is 3. The molecule has 0 amide bonds. The summed E-state index contributed by atoms with van der Waals surface area (Å²) >= 11 is 0. The second kappa shape index (κ2) is 6.55. The molecular formula is C18H34N2O. The maximum atomic E-state index is 10.6. The quantitative estimate of drug-likeness (QED) is 0.867. The summed E-state index contributed by atoms with van der Waals surface area (Å²) in [6.07, 6.45) is 9.13. The smallest absolute Gasteiger partial charge is 0.0631 e. The van der Waals surface area contributed by atoms with Crippen LogP contribution in [0, 0.1) is 11.3 Å². The fraction of sp³-hybridized carbons (Fsp3) is 1.00. The molecule has 2 saturated heterocycles. The molecule has 1 aliphatic carbocycles. The Hall–Kier alpha value is -0.120. The van der Waals surface area contributed by atoms with Crippen molar-refractivity contribution in [3.8, 4) is 0 Å². The number of nitrogens with zero attached hydrogens (tertiary/aromatic N) is 2. The fourth-order valence-electron chi connectivity index (χ4n) is 4.85. The minimum atomic E-state index is -0.111. The highest BCUT2D eigenvalue weighted by atomic mass is 16.3. The van der Waals surface area contributed by atoms with Crippen LogP contribution in [0.1, 0.15) is 58.8 Å². The molecule has 1 saturated carbocycles. The van der Waals surface area contributed by atoms with Gasteiger partial charge in [-0.25, -0.2) is 0 Å². The van der Waals surface area contributed by atoms with E-state index >= 15 is 0 Å². The first-order chi connectivity index (χ1) is 10.1. The Bertz CT molecular complexity index is 338. The lowest BCUT2D eigenvalue weighted by molar-refractivity contribution is -0.0415. The fourth-order valence-corrected chi connectivity index (χ4v) is 4.85. The molecule has 0 aromatic heterocycles. The van der Waals surface area contributed by atoms with Gasteiger partial charge in [-0.05, 0) is 63.1 Å². The first-order valence-electron chi connectivity index (χ1n) is 9.21. The van der Waals surface area contributed by atoms with E-state index in [4.69, 9.17) is 0 Å². The maximum Gasteiger partial charge on any atom is 0.0631 e. The molecule has 0 spiro atoms. The van der Waals surface area contributed by atoms with Gasteiger partial charge in [0.25, 0.3) is 0 Å². The summed E-state index contributed by atoms with van der Waals surface area (Å²) in [6.45, 7) is 10.7. The van der Waals surface area contributed by atoms with Crippen molar-refractivity contribution in [2.24, 2.45) is 11.3 Å². The highest BCUT2D eigenvalue weighted by Gasteiger charge is 2.39. The molecule has 3 nitrogen and oxygen atoms in total. The molecule has 0 aromatic rings. The largest absolute Gasteiger partial charge is 0.392 e. The number of hydrogen-bond donors (Lipinski definition) is 1. The third-order valence-electron chi connectivity index (χ3n) is 6.29. The summed E-state index contributed by atoms with van der Waals surface area (Å²) in [5.74, 6) is 0.494. The van der Waals surface area contributed by atoms with Gasteiger partial charge in [-0.1, -0.05) is 26.7 Å². The molecular weight excluding hydrogens is 260 g/mol. The van der Waals surface area contributed by atoms with Crippen molar-refractivity contribution in [1.29, 1.82) is 0 Å². The van der Waals surface area contributed by atoms with Gasteiger partial charge in [-0.15, -0.1) is 0 Å². The van der Waals surface area contributed by atoms with E-state index in [9.17, 15) is 5.11 Å². The van der Waals surface area contributed by atoms with Crippen molar-refractivity contribution >= 4 is 0 Å². The lowest BCUT2D eigenvalue weighted by atomic mass is 9.69. The van der Waals surface area contributed by atoms with Crippen LogP contribution < -0.4 is 0 Å². The van der Waals surface area contributed by atoms with E-state index in [-0.39, 0.29) is 11.5 Å². The van der Waals surface area contributed by atoms with E-state index in [0.717, 1.165) is 12.6 Å². The van der Waals surface area contributed by atoms with Gasteiger partial charge in [0.05, 0.1) is 6.10 Å². The SMILES string of the molecule is CC1(C)CCCC(CN2CCC(N3CCCCC3)C2)C1O. The minimum absolute atomic E-state index is 0.111. The topological polar surface area (TPSA) is 26.7 Å². The zero-order valence-corrected chi connectivity index (χ0v) is 14.1. The van der Waals surface area contributed by atoms with Gasteiger partial charge in [0.15, 0.2) is 0 Å². The standard InChI is InChI=1S/C18H34N2O/c1-18(2)9-6-7-15(17(18)21)13-19-12-8-16(14-19)20-10-4-3-5-11-20/h15-17,21H,3-14H2,1-2H3. The van der Waals surface area contributed by atoms with Crippen molar-refractivity contribution in [3.63, 3.8) is 0 Å². The molecule has 3 heteroatoms. The van der Waals surface area contributed by atoms with E-state index in [2.05, 4.69) is 23.6 Å². The van der Waals surface area contributed by atoms with Crippen LogP contribution in [0.4, 0.5) is 0 Å². The van der Waals surface area contributed by atoms with Crippen LogP contribution in [-0.4, -0.2) is 59.8 Å². The van der Waals surface area contributed by atoms with Crippen LogP contribution in [0.2, 0.25) is 0 Å². The van der Waals surface area contributed by atoms with Crippen LogP contribution in [0.15, 0.2) is 0 Å².